The summed E-state index contributed by atoms with van der Waals surface area (Å²) in [7, 11) is 2.04. The van der Waals surface area contributed by atoms with Gasteiger partial charge < -0.3 is 16.0 Å². The van der Waals surface area contributed by atoms with Crippen molar-refractivity contribution in [2.24, 2.45) is 5.73 Å². The highest BCUT2D eigenvalue weighted by molar-refractivity contribution is 7.14. The SMILES string of the molecule is CN(Cc1ccc(C(=O)NCc2cccc(CN)c2)cc1)c1nc(-c2ccc3ccccc3c2)cs1. The smallest absolute Gasteiger partial charge is 0.251 e. The quantitative estimate of drug-likeness (QED) is 0.279. The summed E-state index contributed by atoms with van der Waals surface area (Å²) in [6.45, 7) is 1.67. The number of nitrogens with two attached hydrogens (primary N) is 1. The number of carbonyl (C=O) groups excluding carboxylic acids is 1. The Kier molecular flexibility index (Phi) is 7.07. The third-order valence-electron chi connectivity index (χ3n) is 6.18. The topological polar surface area (TPSA) is 71.2 Å². The largest absolute Gasteiger partial charge is 0.348 e. The van der Waals surface area contributed by atoms with Gasteiger partial charge in [0, 0.05) is 43.2 Å². The van der Waals surface area contributed by atoms with Gasteiger partial charge in [-0.05, 0) is 45.7 Å². The van der Waals surface area contributed by atoms with Gasteiger partial charge in [-0.15, -0.1) is 11.3 Å². The molecule has 3 N–H and O–H groups in total. The number of nitrogens with zero attached hydrogens (tertiary/aromatic N) is 2. The van der Waals surface area contributed by atoms with E-state index in [1.807, 2.05) is 55.6 Å². The minimum Gasteiger partial charge on any atom is -0.348 e. The Morgan fingerprint density at radius 1 is 0.889 bits per heavy atom. The third kappa shape index (κ3) is 5.46. The fourth-order valence-corrected chi connectivity index (χ4v) is 4.98. The molecule has 4 aromatic carbocycles. The van der Waals surface area contributed by atoms with Crippen LogP contribution in [0.25, 0.3) is 22.0 Å². The van der Waals surface area contributed by atoms with Crippen LogP contribution in [0.4, 0.5) is 5.13 Å². The summed E-state index contributed by atoms with van der Waals surface area (Å²) < 4.78 is 0. The molecule has 0 saturated carbocycles. The standard InChI is InChI=1S/C30H28N4OS/c1-34(30-33-28(20-36-30)27-14-13-24-7-2-3-8-26(24)16-27)19-21-9-11-25(12-10-21)29(35)32-18-23-6-4-5-22(15-23)17-31/h2-16,20H,17-19,31H2,1H3,(H,32,35). The van der Waals surface area contributed by atoms with Gasteiger partial charge in [0.25, 0.3) is 5.91 Å². The molecule has 0 aliphatic rings. The molecule has 0 unspecified atom stereocenters. The van der Waals surface area contributed by atoms with E-state index < -0.39 is 0 Å². The fourth-order valence-electron chi connectivity index (χ4n) is 4.17. The molecule has 6 heteroatoms. The zero-order chi connectivity index (χ0) is 24.9. The molecule has 1 amide bonds. The molecule has 5 aromatic rings. The van der Waals surface area contributed by atoms with Crippen LogP contribution in [-0.4, -0.2) is 17.9 Å². The van der Waals surface area contributed by atoms with Gasteiger partial charge in [0.2, 0.25) is 0 Å². The minimum absolute atomic E-state index is 0.0898. The molecule has 0 bridgehead atoms. The molecule has 180 valence electrons. The molecule has 1 heterocycles. The predicted molar refractivity (Wildman–Crippen MR) is 149 cm³/mol. The van der Waals surface area contributed by atoms with Crippen LogP contribution in [0.1, 0.15) is 27.0 Å². The van der Waals surface area contributed by atoms with Gasteiger partial charge in [0.05, 0.1) is 5.69 Å². The molecule has 1 aromatic heterocycles. The zero-order valence-electron chi connectivity index (χ0n) is 20.1. The first kappa shape index (κ1) is 23.7. The monoisotopic (exact) mass is 492 g/mol. The predicted octanol–water partition coefficient (Wildman–Crippen LogP) is 5.99. The van der Waals surface area contributed by atoms with E-state index >= 15 is 0 Å². The van der Waals surface area contributed by atoms with E-state index in [-0.39, 0.29) is 5.91 Å². The van der Waals surface area contributed by atoms with Crippen LogP contribution in [-0.2, 0) is 19.6 Å². The molecule has 0 radical (unpaired) electrons. The highest BCUT2D eigenvalue weighted by atomic mass is 32.1. The molecule has 0 saturated heterocycles. The average molecular weight is 493 g/mol. The van der Waals surface area contributed by atoms with Crippen LogP contribution >= 0.6 is 11.3 Å². The summed E-state index contributed by atoms with van der Waals surface area (Å²) in [6, 6.07) is 30.5. The molecule has 0 fully saturated rings. The molecular formula is C30H28N4OS. The molecule has 0 aliphatic heterocycles. The Morgan fingerprint density at radius 3 is 2.47 bits per heavy atom. The number of amides is 1. The molecule has 5 rings (SSSR count). The number of thiazole rings is 1. The number of nitrogens with one attached hydrogen (secondary N) is 1. The number of hydrogen-bond donors (Lipinski definition) is 2. The number of benzene rings is 4. The summed E-state index contributed by atoms with van der Waals surface area (Å²) in [5, 5.41) is 8.49. The lowest BCUT2D eigenvalue weighted by molar-refractivity contribution is 0.0951. The number of hydrogen-bond acceptors (Lipinski definition) is 5. The fraction of sp³-hybridized carbons (Fsp3) is 0.133. The summed E-state index contributed by atoms with van der Waals surface area (Å²) >= 11 is 1.64. The molecule has 0 spiro atoms. The normalized spacial score (nSPS) is 10.9. The first-order valence-electron chi connectivity index (χ1n) is 11.9. The van der Waals surface area contributed by atoms with Gasteiger partial charge in [0.15, 0.2) is 5.13 Å². The summed E-state index contributed by atoms with van der Waals surface area (Å²) in [5.41, 5.74) is 11.7. The van der Waals surface area contributed by atoms with Crippen molar-refractivity contribution < 1.29 is 4.79 Å². The van der Waals surface area contributed by atoms with Gasteiger partial charge in [-0.3, -0.25) is 4.79 Å². The van der Waals surface area contributed by atoms with E-state index in [0.717, 1.165) is 33.1 Å². The van der Waals surface area contributed by atoms with Crippen LogP contribution in [0.15, 0.2) is 96.4 Å². The maximum atomic E-state index is 12.6. The van der Waals surface area contributed by atoms with Gasteiger partial charge >= 0.3 is 0 Å². The Bertz CT molecular complexity index is 1490. The number of aromatic nitrogens is 1. The van der Waals surface area contributed by atoms with Gasteiger partial charge in [-0.2, -0.15) is 0 Å². The summed E-state index contributed by atoms with van der Waals surface area (Å²) in [5.74, 6) is -0.0898. The minimum atomic E-state index is -0.0898. The van der Waals surface area contributed by atoms with Crippen molar-refractivity contribution >= 4 is 33.1 Å². The van der Waals surface area contributed by atoms with Crippen LogP contribution in [0, 0.1) is 0 Å². The summed E-state index contributed by atoms with van der Waals surface area (Å²) in [4.78, 5) is 19.6. The first-order valence-corrected chi connectivity index (χ1v) is 12.8. The first-order chi connectivity index (χ1) is 17.6. The van der Waals surface area contributed by atoms with Gasteiger partial charge in [0.1, 0.15) is 0 Å². The van der Waals surface area contributed by atoms with Crippen LogP contribution < -0.4 is 16.0 Å². The highest BCUT2D eigenvalue weighted by Crippen LogP contribution is 2.29. The van der Waals surface area contributed by atoms with Crippen molar-refractivity contribution in [1.82, 2.24) is 10.3 Å². The second-order valence-electron chi connectivity index (χ2n) is 8.84. The molecular weight excluding hydrogens is 464 g/mol. The lowest BCUT2D eigenvalue weighted by Gasteiger charge is -2.16. The van der Waals surface area contributed by atoms with E-state index in [0.29, 0.717) is 25.2 Å². The summed E-state index contributed by atoms with van der Waals surface area (Å²) in [6.07, 6.45) is 0. The van der Waals surface area contributed by atoms with E-state index in [9.17, 15) is 4.79 Å². The maximum absolute atomic E-state index is 12.6. The van der Waals surface area contributed by atoms with E-state index in [1.165, 1.54) is 10.8 Å². The Labute approximate surface area is 215 Å². The second-order valence-corrected chi connectivity index (χ2v) is 9.67. The van der Waals surface area contributed by atoms with Gasteiger partial charge in [-0.1, -0.05) is 72.8 Å². The zero-order valence-corrected chi connectivity index (χ0v) is 21.0. The van der Waals surface area contributed by atoms with E-state index in [2.05, 4.69) is 58.1 Å². The number of fused-ring (bicyclic) bond motifs is 1. The Hall–Kier alpha value is -4.00. The molecule has 0 atom stereocenters. The van der Waals surface area contributed by atoms with E-state index in [4.69, 9.17) is 10.7 Å². The Balaban J connectivity index is 1.20. The average Bonchev–Trinajstić information content (AvgIpc) is 3.43. The molecule has 5 nitrogen and oxygen atoms in total. The van der Waals surface area contributed by atoms with Crippen molar-refractivity contribution in [3.8, 4) is 11.3 Å². The van der Waals surface area contributed by atoms with Crippen molar-refractivity contribution in [2.45, 2.75) is 19.6 Å². The van der Waals surface area contributed by atoms with Crippen molar-refractivity contribution in [2.75, 3.05) is 11.9 Å². The van der Waals surface area contributed by atoms with Crippen LogP contribution in [0.3, 0.4) is 0 Å². The van der Waals surface area contributed by atoms with Crippen molar-refractivity contribution in [1.29, 1.82) is 0 Å². The van der Waals surface area contributed by atoms with E-state index in [1.54, 1.807) is 11.3 Å². The molecule has 0 aliphatic carbocycles. The highest BCUT2D eigenvalue weighted by Gasteiger charge is 2.11. The van der Waals surface area contributed by atoms with Crippen LogP contribution in [0.5, 0.6) is 0 Å². The van der Waals surface area contributed by atoms with Crippen molar-refractivity contribution in [3.05, 3.63) is 119 Å². The lowest BCUT2D eigenvalue weighted by atomic mass is 10.1. The third-order valence-corrected chi connectivity index (χ3v) is 7.13. The Morgan fingerprint density at radius 2 is 1.67 bits per heavy atom. The number of carbonyl (C=O) groups is 1. The number of anilines is 1. The molecule has 36 heavy (non-hydrogen) atoms. The second kappa shape index (κ2) is 10.7. The van der Waals surface area contributed by atoms with Gasteiger partial charge in [-0.25, -0.2) is 4.98 Å². The lowest BCUT2D eigenvalue weighted by Crippen LogP contribution is -2.23. The van der Waals surface area contributed by atoms with Crippen LogP contribution in [0.2, 0.25) is 0 Å². The number of rotatable bonds is 8. The van der Waals surface area contributed by atoms with Crippen molar-refractivity contribution in [3.63, 3.8) is 0 Å². The maximum Gasteiger partial charge on any atom is 0.251 e.